The number of hydrogen-bond acceptors (Lipinski definition) is 5. The van der Waals surface area contributed by atoms with Gasteiger partial charge < -0.3 is 10.6 Å². The maximum Gasteiger partial charge on any atom is 0.262 e. The third-order valence-corrected chi connectivity index (χ3v) is 5.62. The first-order valence-corrected chi connectivity index (χ1v) is 11.4. The second-order valence-electron chi connectivity index (χ2n) is 6.53. The van der Waals surface area contributed by atoms with Crippen molar-refractivity contribution >= 4 is 37.4 Å². The summed E-state index contributed by atoms with van der Waals surface area (Å²) in [6.45, 7) is 0. The second kappa shape index (κ2) is 9.67. The molecule has 0 bridgehead atoms. The second-order valence-corrected chi connectivity index (χ2v) is 9.09. The molecule has 1 atom stereocenters. The minimum absolute atomic E-state index is 0.0863. The molecule has 3 rings (SSSR count). The average Bonchev–Trinajstić information content (AvgIpc) is 2.74. The Bertz CT molecular complexity index is 1170. The summed E-state index contributed by atoms with van der Waals surface area (Å²) in [5, 5.41) is 5.18. The summed E-state index contributed by atoms with van der Waals surface area (Å²) in [6.07, 6.45) is 1.20. The van der Waals surface area contributed by atoms with Crippen LogP contribution in [0.3, 0.4) is 0 Å². The summed E-state index contributed by atoms with van der Waals surface area (Å²) < 4.78 is 35.8. The van der Waals surface area contributed by atoms with Gasteiger partial charge in [0.2, 0.25) is 5.91 Å². The standard InChI is InChI=1S/C21H17ClFN3O4S/c22-31(29,30)17-10-11-19(24-13-17)26-21(28)18(12-14-4-2-1-3-5-14)25-20(27)15-6-8-16(23)9-7-15/h1-11,13,18H,12H2,(H,25,27)(H,24,26,28)/t18-/m0/s1. The molecule has 0 aliphatic carbocycles. The Labute approximate surface area is 182 Å². The summed E-state index contributed by atoms with van der Waals surface area (Å²) >= 11 is 0. The lowest BCUT2D eigenvalue weighted by Crippen LogP contribution is -2.45. The van der Waals surface area contributed by atoms with Crippen LogP contribution in [0, 0.1) is 5.82 Å². The fraction of sp³-hybridized carbons (Fsp3) is 0.0952. The van der Waals surface area contributed by atoms with Gasteiger partial charge in [-0.25, -0.2) is 17.8 Å². The van der Waals surface area contributed by atoms with Crippen molar-refractivity contribution in [2.45, 2.75) is 17.4 Å². The minimum atomic E-state index is -3.94. The topological polar surface area (TPSA) is 105 Å². The van der Waals surface area contributed by atoms with Gasteiger partial charge in [-0.3, -0.25) is 9.59 Å². The zero-order chi connectivity index (χ0) is 22.4. The molecule has 0 fully saturated rings. The molecule has 10 heteroatoms. The zero-order valence-corrected chi connectivity index (χ0v) is 17.5. The number of nitrogens with one attached hydrogen (secondary N) is 2. The van der Waals surface area contributed by atoms with Crippen LogP contribution in [0.25, 0.3) is 0 Å². The van der Waals surface area contributed by atoms with E-state index >= 15 is 0 Å². The highest BCUT2D eigenvalue weighted by molar-refractivity contribution is 8.13. The summed E-state index contributed by atoms with van der Waals surface area (Å²) in [6, 6.07) is 15.5. The van der Waals surface area contributed by atoms with Crippen LogP contribution in [-0.2, 0) is 20.3 Å². The van der Waals surface area contributed by atoms with Crippen molar-refractivity contribution in [3.8, 4) is 0 Å². The highest BCUT2D eigenvalue weighted by atomic mass is 35.7. The molecule has 7 nitrogen and oxygen atoms in total. The minimum Gasteiger partial charge on any atom is -0.340 e. The molecule has 2 amide bonds. The number of benzene rings is 2. The number of hydrogen-bond donors (Lipinski definition) is 2. The lowest BCUT2D eigenvalue weighted by atomic mass is 10.0. The van der Waals surface area contributed by atoms with Gasteiger partial charge in [-0.2, -0.15) is 0 Å². The molecular formula is C21H17ClFN3O4S. The molecule has 2 aromatic carbocycles. The van der Waals surface area contributed by atoms with Crippen LogP contribution >= 0.6 is 10.7 Å². The molecule has 0 unspecified atom stereocenters. The van der Waals surface area contributed by atoms with Crippen LogP contribution in [0.2, 0.25) is 0 Å². The molecule has 160 valence electrons. The molecule has 0 radical (unpaired) electrons. The van der Waals surface area contributed by atoms with Crippen LogP contribution in [-0.4, -0.2) is 31.3 Å². The Hall–Kier alpha value is -3.30. The monoisotopic (exact) mass is 461 g/mol. The number of rotatable bonds is 7. The number of carbonyl (C=O) groups excluding carboxylic acids is 2. The number of nitrogens with zero attached hydrogens (tertiary/aromatic N) is 1. The molecule has 31 heavy (non-hydrogen) atoms. The third-order valence-electron chi connectivity index (χ3n) is 4.28. The number of amides is 2. The van der Waals surface area contributed by atoms with Crippen LogP contribution in [0.4, 0.5) is 10.2 Å². The first-order valence-electron chi connectivity index (χ1n) is 9.04. The van der Waals surface area contributed by atoms with Crippen LogP contribution in [0.15, 0.2) is 77.8 Å². The van der Waals surface area contributed by atoms with Crippen molar-refractivity contribution in [3.63, 3.8) is 0 Å². The SMILES string of the molecule is O=C(N[C@@H](Cc1ccccc1)C(=O)Nc1ccc(S(=O)(=O)Cl)cn1)c1ccc(F)cc1. The van der Waals surface area contributed by atoms with Crippen molar-refractivity contribution in [3.05, 3.63) is 89.9 Å². The predicted molar refractivity (Wildman–Crippen MR) is 114 cm³/mol. The first-order chi connectivity index (χ1) is 14.7. The molecule has 3 aromatic rings. The molecule has 0 saturated carbocycles. The van der Waals surface area contributed by atoms with Crippen LogP contribution in [0.1, 0.15) is 15.9 Å². The largest absolute Gasteiger partial charge is 0.340 e. The maximum atomic E-state index is 13.1. The smallest absolute Gasteiger partial charge is 0.262 e. The Morgan fingerprint density at radius 2 is 1.68 bits per heavy atom. The van der Waals surface area contributed by atoms with Gasteiger partial charge in [0, 0.05) is 28.9 Å². The van der Waals surface area contributed by atoms with Gasteiger partial charge in [-0.05, 0) is 42.0 Å². The Balaban J connectivity index is 1.78. The van der Waals surface area contributed by atoms with Crippen LogP contribution < -0.4 is 10.6 Å². The Morgan fingerprint density at radius 3 is 2.26 bits per heavy atom. The number of anilines is 1. The van der Waals surface area contributed by atoms with E-state index < -0.39 is 32.7 Å². The van der Waals surface area contributed by atoms with E-state index in [0.717, 1.165) is 23.9 Å². The number of pyridine rings is 1. The van der Waals surface area contributed by atoms with Gasteiger partial charge in [0.05, 0.1) is 0 Å². The van der Waals surface area contributed by atoms with E-state index in [0.29, 0.717) is 0 Å². The summed E-state index contributed by atoms with van der Waals surface area (Å²) in [7, 11) is 1.32. The molecule has 0 spiro atoms. The van der Waals surface area contributed by atoms with Crippen molar-refractivity contribution in [2.75, 3.05) is 5.32 Å². The van der Waals surface area contributed by atoms with E-state index in [4.69, 9.17) is 10.7 Å². The summed E-state index contributed by atoms with van der Waals surface area (Å²) in [4.78, 5) is 29.1. The van der Waals surface area contributed by atoms with Gasteiger partial charge in [0.15, 0.2) is 0 Å². The van der Waals surface area contributed by atoms with E-state index in [9.17, 15) is 22.4 Å². The quantitative estimate of drug-likeness (QED) is 0.526. The predicted octanol–water partition coefficient (Wildman–Crippen LogP) is 3.13. The molecular weight excluding hydrogens is 445 g/mol. The van der Waals surface area contributed by atoms with E-state index in [1.54, 1.807) is 12.1 Å². The summed E-state index contributed by atoms with van der Waals surface area (Å²) in [5.74, 6) is -1.51. The molecule has 0 aliphatic rings. The fourth-order valence-electron chi connectivity index (χ4n) is 2.71. The average molecular weight is 462 g/mol. The van der Waals surface area contributed by atoms with Crippen molar-refractivity contribution < 1.29 is 22.4 Å². The van der Waals surface area contributed by atoms with Gasteiger partial charge >= 0.3 is 0 Å². The van der Waals surface area contributed by atoms with Gasteiger partial charge in [-0.15, -0.1) is 0 Å². The van der Waals surface area contributed by atoms with Crippen molar-refractivity contribution in [1.82, 2.24) is 10.3 Å². The Morgan fingerprint density at radius 1 is 1.00 bits per heavy atom. The van der Waals surface area contributed by atoms with E-state index in [2.05, 4.69) is 15.6 Å². The van der Waals surface area contributed by atoms with E-state index in [-0.39, 0.29) is 22.7 Å². The molecule has 1 heterocycles. The lowest BCUT2D eigenvalue weighted by Gasteiger charge is -2.18. The summed E-state index contributed by atoms with van der Waals surface area (Å²) in [5.41, 5.74) is 1.00. The van der Waals surface area contributed by atoms with Crippen molar-refractivity contribution in [2.24, 2.45) is 0 Å². The van der Waals surface area contributed by atoms with Crippen LogP contribution in [0.5, 0.6) is 0 Å². The number of aromatic nitrogens is 1. The lowest BCUT2D eigenvalue weighted by molar-refractivity contribution is -0.118. The molecule has 2 N–H and O–H groups in total. The fourth-order valence-corrected chi connectivity index (χ4v) is 3.40. The van der Waals surface area contributed by atoms with Gasteiger partial charge in [-0.1, -0.05) is 30.3 Å². The maximum absolute atomic E-state index is 13.1. The molecule has 0 aliphatic heterocycles. The van der Waals surface area contributed by atoms with E-state index in [1.165, 1.54) is 24.3 Å². The number of carbonyl (C=O) groups is 2. The molecule has 1 aromatic heterocycles. The van der Waals surface area contributed by atoms with Gasteiger partial charge in [0.25, 0.3) is 15.0 Å². The highest BCUT2D eigenvalue weighted by Gasteiger charge is 2.23. The van der Waals surface area contributed by atoms with Gasteiger partial charge in [0.1, 0.15) is 22.6 Å². The highest BCUT2D eigenvalue weighted by Crippen LogP contribution is 2.16. The zero-order valence-electron chi connectivity index (χ0n) is 16.0. The Kier molecular flexibility index (Phi) is 6.98. The molecule has 0 saturated heterocycles. The van der Waals surface area contributed by atoms with Crippen molar-refractivity contribution in [1.29, 1.82) is 0 Å². The number of halogens is 2. The van der Waals surface area contributed by atoms with E-state index in [1.807, 2.05) is 18.2 Å². The normalized spacial score (nSPS) is 12.1. The third kappa shape index (κ3) is 6.34. The first kappa shape index (κ1) is 22.4.